The average molecular weight is 1510 g/mol. The van der Waals surface area contributed by atoms with E-state index in [0.717, 1.165) is 12.1 Å². The summed E-state index contributed by atoms with van der Waals surface area (Å²) < 4.78 is 258. The number of aliphatic carboxylic acids is 1. The maximum atomic E-state index is 13.0. The minimum atomic E-state index is -5.50. The van der Waals surface area contributed by atoms with Gasteiger partial charge in [-0.2, -0.15) is 13.0 Å². The third kappa shape index (κ3) is 24.8. The van der Waals surface area contributed by atoms with Gasteiger partial charge in [0, 0.05) is 86.7 Å². The van der Waals surface area contributed by atoms with Gasteiger partial charge in [0.15, 0.2) is 5.71 Å². The molecule has 31 nitrogen and oxygen atoms in total. The highest BCUT2D eigenvalue weighted by Crippen LogP contribution is 2.54. The third-order valence-electron chi connectivity index (χ3n) is 16.5. The zero-order chi connectivity index (χ0) is 73.2. The quantitative estimate of drug-likeness (QED) is 0.0352. The number of carbonyl (C=O) groups is 1. The highest BCUT2D eigenvalue weighted by atomic mass is 32.2. The molecule has 2 atom stereocenters. The number of carboxylic acid groups (broad SMARTS) is 1. The number of carboxylic acids is 1. The standard InChI is InChI=1S/C64H92N2O29S5/c1-63(17-21-86-27-29-90-35-37-94-41-39-92-33-31-88-25-23-84-3)58(65(19-7-5-6-12-60(67)68)54-15-13-50-52(61(54)63)44-48(97(72,73)74)46-56(50)99(78,79)80)10-8-11-59-64(2,18-22-87-28-30-91-36-38-95-42-40-93-34-32-89-26-24-85-4)62-53-45-49(98(75,76)77)47-57(100(81,82)83)51(53)14-16-55(62)66(59)20-9-43-96(69,70)71/h8,10-11,13-16,44-47H,5-7,9,12,17-43H2,1-4H3,(H5-,67,68,69,70,71,72,73,74,75,76,77,78,79,80,81,82,83)/p-3. The van der Waals surface area contributed by atoms with E-state index in [1.165, 1.54) is 24.3 Å². The fraction of sp³-hybridized carbons (Fsp3) is 0.594. The molecular formula is C64H89N2O29S5-3. The molecule has 0 radical (unpaired) electrons. The highest BCUT2D eigenvalue weighted by molar-refractivity contribution is 7.87. The number of rotatable bonds is 52. The smallest absolute Gasteiger partial charge is 0.303 e. The van der Waals surface area contributed by atoms with Gasteiger partial charge < -0.3 is 85.1 Å². The minimum Gasteiger partial charge on any atom is -0.744 e. The van der Waals surface area contributed by atoms with Gasteiger partial charge >= 0.3 is 5.97 Å². The molecule has 2 aliphatic heterocycles. The fourth-order valence-corrected chi connectivity index (χ4v) is 15.0. The SMILES string of the molecule is COCCOCCOCCOCCOCCOCCC1(C)C(/C=C/C=C2/N(CCCCCC(=O)O)c3ccc4c(S(=O)(=O)[O-])cc(S(=O)(=O)[O-])cc4c3C2(C)CCOCCOCCOCCOCCOCCOC)=[N+](CCCS(=O)(=O)O)c2ccc3c(S(=O)(=O)[O-])cc(S(=O)(=O)[O-])cc3c21. The van der Waals surface area contributed by atoms with Crippen molar-refractivity contribution in [2.75, 3.05) is 183 Å². The van der Waals surface area contributed by atoms with Crippen molar-refractivity contribution in [2.24, 2.45) is 0 Å². The van der Waals surface area contributed by atoms with Crippen molar-refractivity contribution in [1.82, 2.24) is 0 Å². The Bertz CT molecular complexity index is 4060. The summed E-state index contributed by atoms with van der Waals surface area (Å²) >= 11 is 0. The van der Waals surface area contributed by atoms with Gasteiger partial charge in [0.25, 0.3) is 10.1 Å². The lowest BCUT2D eigenvalue weighted by atomic mass is 9.74. The summed E-state index contributed by atoms with van der Waals surface area (Å²) in [6.45, 7) is 8.96. The molecule has 2 heterocycles. The van der Waals surface area contributed by atoms with E-state index in [1.54, 1.807) is 50.9 Å². The van der Waals surface area contributed by atoms with Crippen LogP contribution in [0.4, 0.5) is 11.4 Å². The Morgan fingerprint density at radius 3 is 1.29 bits per heavy atom. The first-order valence-electron chi connectivity index (χ1n) is 32.2. The van der Waals surface area contributed by atoms with Gasteiger partial charge in [-0.3, -0.25) is 9.35 Å². The van der Waals surface area contributed by atoms with Crippen LogP contribution in [-0.2, 0) is 123 Å². The Kier molecular flexibility index (Phi) is 33.3. The molecule has 4 aromatic carbocycles. The van der Waals surface area contributed by atoms with E-state index in [2.05, 4.69) is 0 Å². The molecule has 0 saturated carbocycles. The zero-order valence-corrected chi connectivity index (χ0v) is 60.4. The Labute approximate surface area is 584 Å². The van der Waals surface area contributed by atoms with Crippen LogP contribution in [0, 0.1) is 0 Å². The van der Waals surface area contributed by atoms with Gasteiger partial charge in [-0.1, -0.05) is 18.6 Å². The van der Waals surface area contributed by atoms with Crippen LogP contribution in [0.15, 0.2) is 92.0 Å². The zero-order valence-electron chi connectivity index (χ0n) is 56.3. The highest BCUT2D eigenvalue weighted by Gasteiger charge is 2.50. The first kappa shape index (κ1) is 83.8. The predicted molar refractivity (Wildman–Crippen MR) is 357 cm³/mol. The van der Waals surface area contributed by atoms with Crippen LogP contribution in [0.5, 0.6) is 0 Å². The van der Waals surface area contributed by atoms with Gasteiger partial charge in [-0.05, 0) is 104 Å². The van der Waals surface area contributed by atoms with Crippen LogP contribution < -0.4 is 4.90 Å². The van der Waals surface area contributed by atoms with Gasteiger partial charge in [0.2, 0.25) is 5.69 Å². The second-order valence-electron chi connectivity index (χ2n) is 23.5. The van der Waals surface area contributed by atoms with Gasteiger partial charge in [0.05, 0.1) is 163 Å². The Morgan fingerprint density at radius 1 is 0.490 bits per heavy atom. The van der Waals surface area contributed by atoms with Crippen molar-refractivity contribution < 1.29 is 136 Å². The molecule has 0 saturated heterocycles. The molecule has 0 aliphatic carbocycles. The molecular weight excluding hydrogens is 1420 g/mol. The van der Waals surface area contributed by atoms with Crippen LogP contribution in [-0.4, -0.2) is 265 Å². The number of allylic oxidation sites excluding steroid dienone is 4. The number of unbranched alkanes of at least 4 members (excludes halogenated alkanes) is 2. The summed E-state index contributed by atoms with van der Waals surface area (Å²) in [7, 11) is -23.3. The molecule has 2 N–H and O–H groups in total. The van der Waals surface area contributed by atoms with E-state index < -0.39 is 92.7 Å². The Balaban J connectivity index is 1.42. The molecule has 0 aromatic heterocycles. The lowest BCUT2D eigenvalue weighted by Crippen LogP contribution is -2.33. The Morgan fingerprint density at radius 2 is 0.890 bits per heavy atom. The van der Waals surface area contributed by atoms with Crippen LogP contribution in [0.25, 0.3) is 21.5 Å². The summed E-state index contributed by atoms with van der Waals surface area (Å²) in [5.74, 6) is -1.78. The second-order valence-corrected chi connectivity index (χ2v) is 30.5. The maximum absolute atomic E-state index is 13.0. The van der Waals surface area contributed by atoms with Crippen LogP contribution >= 0.6 is 0 Å². The molecule has 0 spiro atoms. The number of anilines is 1. The van der Waals surface area contributed by atoms with Gasteiger partial charge in [-0.15, -0.1) is 0 Å². The molecule has 4 aromatic rings. The molecule has 2 aliphatic rings. The average Bonchev–Trinajstić information content (AvgIpc) is 1.53. The second kappa shape index (κ2) is 39.7. The van der Waals surface area contributed by atoms with Crippen LogP contribution in [0.3, 0.4) is 0 Å². The van der Waals surface area contributed by atoms with E-state index in [1.807, 2.05) is 4.90 Å². The molecule has 562 valence electrons. The summed E-state index contributed by atoms with van der Waals surface area (Å²) in [5, 5.41) is 8.82. The fourth-order valence-electron chi connectivity index (χ4n) is 11.8. The summed E-state index contributed by atoms with van der Waals surface area (Å²) in [6, 6.07) is 8.48. The lowest BCUT2D eigenvalue weighted by molar-refractivity contribution is -0.437. The molecule has 0 amide bonds. The van der Waals surface area contributed by atoms with Crippen molar-refractivity contribution >= 4 is 95.2 Å². The van der Waals surface area contributed by atoms with Crippen molar-refractivity contribution in [3.05, 3.63) is 83.6 Å². The summed E-state index contributed by atoms with van der Waals surface area (Å²) in [4.78, 5) is 9.43. The van der Waals surface area contributed by atoms with Gasteiger partial charge in [-0.25, -0.2) is 33.7 Å². The van der Waals surface area contributed by atoms with Gasteiger partial charge in [0.1, 0.15) is 47.0 Å². The number of fused-ring (bicyclic) bond motifs is 6. The van der Waals surface area contributed by atoms with Crippen molar-refractivity contribution in [1.29, 1.82) is 0 Å². The first-order chi connectivity index (χ1) is 47.4. The van der Waals surface area contributed by atoms with Crippen molar-refractivity contribution in [2.45, 2.75) is 89.2 Å². The number of benzene rings is 4. The molecule has 100 heavy (non-hydrogen) atoms. The monoisotopic (exact) mass is 1510 g/mol. The number of hydrogen-bond acceptors (Lipinski definition) is 28. The van der Waals surface area contributed by atoms with E-state index in [4.69, 9.17) is 56.8 Å². The van der Waals surface area contributed by atoms with E-state index in [-0.39, 0.29) is 150 Å². The van der Waals surface area contributed by atoms with Crippen molar-refractivity contribution in [3.8, 4) is 0 Å². The normalized spacial score (nSPS) is 17.3. The Hall–Kier alpha value is -5.11. The molecule has 6 rings (SSSR count). The lowest BCUT2D eigenvalue weighted by Gasteiger charge is -2.31. The van der Waals surface area contributed by atoms with E-state index >= 15 is 0 Å². The third-order valence-corrected chi connectivity index (χ3v) is 20.7. The summed E-state index contributed by atoms with van der Waals surface area (Å²) in [5.41, 5.74) is -0.995. The first-order valence-corrected chi connectivity index (χ1v) is 39.4. The number of nitrogens with zero attached hydrogens (tertiary/aromatic N) is 2. The topological polar surface area (TPSA) is 437 Å². The molecule has 36 heteroatoms. The molecule has 0 fully saturated rings. The number of ether oxygens (including phenoxy) is 12. The van der Waals surface area contributed by atoms with Crippen LogP contribution in [0.1, 0.15) is 69.9 Å². The largest absolute Gasteiger partial charge is 0.744 e. The van der Waals surface area contributed by atoms with E-state index in [9.17, 15) is 74.8 Å². The molecule has 2 unspecified atom stereocenters. The minimum absolute atomic E-state index is 0.0253. The van der Waals surface area contributed by atoms with E-state index in [0.29, 0.717) is 121 Å². The summed E-state index contributed by atoms with van der Waals surface area (Å²) in [6.07, 6.45) is 5.49. The molecule has 0 bridgehead atoms. The van der Waals surface area contributed by atoms with Crippen LogP contribution in [0.2, 0.25) is 0 Å². The maximum Gasteiger partial charge on any atom is 0.303 e. The predicted octanol–water partition coefficient (Wildman–Crippen LogP) is 4.35. The number of hydrogen-bond donors (Lipinski definition) is 2. The van der Waals surface area contributed by atoms with Crippen molar-refractivity contribution in [3.63, 3.8) is 0 Å². The number of methoxy groups -OCH3 is 2.